The van der Waals surface area contributed by atoms with Crippen molar-refractivity contribution in [3.05, 3.63) is 22.9 Å². The summed E-state index contributed by atoms with van der Waals surface area (Å²) >= 11 is 0. The van der Waals surface area contributed by atoms with E-state index in [0.29, 0.717) is 19.6 Å². The van der Waals surface area contributed by atoms with Gasteiger partial charge in [-0.2, -0.15) is 5.11 Å². The molecule has 0 aromatic carbocycles. The molecule has 0 saturated heterocycles. The highest BCUT2D eigenvalue weighted by atomic mass is 28.4. The molecule has 0 heterocycles. The van der Waals surface area contributed by atoms with E-state index in [9.17, 15) is 9.21 Å². The van der Waals surface area contributed by atoms with Crippen LogP contribution in [0.25, 0.3) is 0 Å². The third-order valence-electron chi connectivity index (χ3n) is 3.46. The quantitative estimate of drug-likeness (QED) is 0.334. The molecule has 1 rings (SSSR count). The van der Waals surface area contributed by atoms with E-state index in [1.54, 1.807) is 13.1 Å². The molecule has 21 heavy (non-hydrogen) atoms. The summed E-state index contributed by atoms with van der Waals surface area (Å²) < 4.78 is 25.0. The average molecular weight is 315 g/mol. The molecule has 0 aromatic heterocycles. The lowest BCUT2D eigenvalue weighted by molar-refractivity contribution is -0.390. The van der Waals surface area contributed by atoms with Gasteiger partial charge in [-0.1, -0.05) is 31.6 Å². The van der Waals surface area contributed by atoms with Gasteiger partial charge >= 0.3 is 5.97 Å². The Morgan fingerprint density at radius 2 is 1.81 bits per heavy atom. The Morgan fingerprint density at radius 3 is 2.29 bits per heavy atom. The van der Waals surface area contributed by atoms with Gasteiger partial charge in [0.1, 0.15) is 0 Å². The van der Waals surface area contributed by atoms with Crippen LogP contribution in [0.4, 0.5) is 4.11 Å². The molecule has 0 fully saturated rings. The van der Waals surface area contributed by atoms with Gasteiger partial charge in [0.2, 0.25) is 0 Å². The summed E-state index contributed by atoms with van der Waals surface area (Å²) in [5.74, 6) is -1.80. The number of allylic oxidation sites excluding steroid dienone is 4. The van der Waals surface area contributed by atoms with Crippen LogP contribution in [0.1, 0.15) is 46.0 Å². The highest BCUT2D eigenvalue weighted by molar-refractivity contribution is 6.78. The normalized spacial score (nSPS) is 16.1. The van der Waals surface area contributed by atoms with Crippen molar-refractivity contribution in [3.8, 4) is 0 Å². The molecule has 3 nitrogen and oxygen atoms in total. The topological polar surface area (TPSA) is 38.4 Å². The van der Waals surface area contributed by atoms with E-state index in [0.717, 1.165) is 30.0 Å². The number of hydrogen-bond acceptors (Lipinski definition) is 2. The molecule has 0 unspecified atom stereocenters. The molecule has 121 valence electrons. The van der Waals surface area contributed by atoms with Crippen molar-refractivity contribution in [2.45, 2.75) is 65.0 Å². The van der Waals surface area contributed by atoms with Crippen molar-refractivity contribution in [3.63, 3.8) is 0 Å². The molecule has 0 aliphatic heterocycles. The highest BCUT2D eigenvalue weighted by Crippen LogP contribution is 2.33. The lowest BCUT2D eigenvalue weighted by Gasteiger charge is -2.26. The molecule has 0 aromatic rings. The van der Waals surface area contributed by atoms with E-state index in [-0.39, 0.29) is 6.42 Å². The second kappa shape index (κ2) is 8.22. The third kappa shape index (κ3) is 6.02. The molecule has 1 radical (unpaired) electrons. The molecular formula is C16H28FO3Si. The lowest BCUT2D eigenvalue weighted by atomic mass is 10.1. The summed E-state index contributed by atoms with van der Waals surface area (Å²) in [4.78, 5) is 0. The van der Waals surface area contributed by atoms with E-state index >= 15 is 0 Å². The monoisotopic (exact) mass is 315 g/mol. The van der Waals surface area contributed by atoms with Crippen molar-refractivity contribution in [1.82, 2.24) is 0 Å². The first-order valence-corrected chi connectivity index (χ1v) is 10.8. The maximum Gasteiger partial charge on any atom is 0.312 e. The van der Waals surface area contributed by atoms with Crippen molar-refractivity contribution >= 4 is 8.41 Å². The molecule has 0 spiro atoms. The Balaban J connectivity index is 2.68. The van der Waals surface area contributed by atoms with Gasteiger partial charge in [-0.3, -0.25) is 0 Å². The molecule has 1 aliphatic rings. The van der Waals surface area contributed by atoms with Gasteiger partial charge in [-0.05, 0) is 44.0 Å². The van der Waals surface area contributed by atoms with Crippen LogP contribution < -0.4 is 0 Å². The summed E-state index contributed by atoms with van der Waals surface area (Å²) in [6, 6.07) is 0. The van der Waals surface area contributed by atoms with Crippen molar-refractivity contribution in [2.24, 2.45) is 0 Å². The van der Waals surface area contributed by atoms with E-state index in [1.807, 2.05) is 26.0 Å². The lowest BCUT2D eigenvalue weighted by Crippen LogP contribution is -2.35. The zero-order valence-electron chi connectivity index (χ0n) is 13.7. The summed E-state index contributed by atoms with van der Waals surface area (Å²) in [7, 11) is -2.83. The first-order valence-electron chi connectivity index (χ1n) is 7.88. The molecular weight excluding hydrogens is 287 g/mol. The Labute approximate surface area is 129 Å². The molecule has 1 aliphatic carbocycles. The first-order chi connectivity index (χ1) is 9.82. The minimum absolute atomic E-state index is 0.234. The second-order valence-corrected chi connectivity index (χ2v) is 9.46. The maximum absolute atomic E-state index is 14.3. The fourth-order valence-electron chi connectivity index (χ4n) is 2.41. The van der Waals surface area contributed by atoms with Gasteiger partial charge < -0.3 is 13.6 Å². The fourth-order valence-corrected chi connectivity index (χ4v) is 3.99. The Morgan fingerprint density at radius 1 is 1.24 bits per heavy atom. The average Bonchev–Trinajstić information content (AvgIpc) is 2.89. The summed E-state index contributed by atoms with van der Waals surface area (Å²) in [6.45, 7) is 8.06. The summed E-state index contributed by atoms with van der Waals surface area (Å²) in [6.07, 6.45) is 6.93. The number of hydrogen-bond donors (Lipinski definition) is 0. The molecule has 0 saturated carbocycles. The number of ether oxygens (including phenoxy) is 2. The van der Waals surface area contributed by atoms with E-state index < -0.39 is 14.4 Å². The number of rotatable bonds is 10. The fraction of sp³-hybridized carbons (Fsp3) is 0.750. The van der Waals surface area contributed by atoms with E-state index in [4.69, 9.17) is 9.47 Å². The highest BCUT2D eigenvalue weighted by Gasteiger charge is 2.34. The van der Waals surface area contributed by atoms with Crippen LogP contribution >= 0.6 is 0 Å². The van der Waals surface area contributed by atoms with Crippen LogP contribution in [0.5, 0.6) is 0 Å². The van der Waals surface area contributed by atoms with Crippen LogP contribution in [0, 0.1) is 0 Å². The Kier molecular flexibility index (Phi) is 7.26. The SMILES string of the molecule is CCCOC([O])(CCC1=C([Si](C)(C)F)C=CC1)OCCC. The Hall–Kier alpha value is -0.493. The maximum atomic E-state index is 14.3. The van der Waals surface area contributed by atoms with Gasteiger partial charge in [0, 0.05) is 6.42 Å². The second-order valence-electron chi connectivity index (χ2n) is 5.98. The zero-order valence-corrected chi connectivity index (χ0v) is 14.7. The van der Waals surface area contributed by atoms with Crippen molar-refractivity contribution in [1.29, 1.82) is 0 Å². The van der Waals surface area contributed by atoms with Gasteiger partial charge in [-0.15, -0.1) is 0 Å². The predicted molar refractivity (Wildman–Crippen MR) is 84.5 cm³/mol. The van der Waals surface area contributed by atoms with E-state index in [1.165, 1.54) is 0 Å². The van der Waals surface area contributed by atoms with Crippen LogP contribution in [0.15, 0.2) is 22.9 Å². The third-order valence-corrected chi connectivity index (χ3v) is 5.26. The largest absolute Gasteiger partial charge is 0.326 e. The van der Waals surface area contributed by atoms with Crippen molar-refractivity contribution in [2.75, 3.05) is 13.2 Å². The first kappa shape index (κ1) is 18.6. The molecule has 0 atom stereocenters. The van der Waals surface area contributed by atoms with Crippen molar-refractivity contribution < 1.29 is 18.7 Å². The predicted octanol–water partition coefficient (Wildman–Crippen LogP) is 4.67. The number of halogens is 1. The van der Waals surface area contributed by atoms with Gasteiger partial charge in [0.25, 0.3) is 8.41 Å². The van der Waals surface area contributed by atoms with Crippen LogP contribution in [-0.2, 0) is 14.6 Å². The summed E-state index contributed by atoms with van der Waals surface area (Å²) in [5.41, 5.74) is 1.04. The van der Waals surface area contributed by atoms with Gasteiger partial charge in [-0.25, -0.2) is 0 Å². The minimum Gasteiger partial charge on any atom is -0.326 e. The van der Waals surface area contributed by atoms with Crippen LogP contribution in [0.3, 0.4) is 0 Å². The van der Waals surface area contributed by atoms with Gasteiger partial charge in [0.15, 0.2) is 0 Å². The standard InChI is InChI=1S/C16H28FO3Si/c1-5-12-19-16(18,20-13-6-2)11-10-14-8-7-9-15(14)21(3,4)17/h7,9H,5-6,8,10-13H2,1-4H3. The molecule has 0 N–H and O–H groups in total. The molecule has 0 amide bonds. The minimum atomic E-state index is -2.83. The summed E-state index contributed by atoms with van der Waals surface area (Å²) in [5, 5.41) is 13.4. The Bertz CT molecular complexity index is 377. The molecule has 0 bridgehead atoms. The van der Waals surface area contributed by atoms with Crippen LogP contribution in [0.2, 0.25) is 13.1 Å². The van der Waals surface area contributed by atoms with Gasteiger partial charge in [0.05, 0.1) is 13.2 Å². The van der Waals surface area contributed by atoms with E-state index in [2.05, 4.69) is 0 Å². The smallest absolute Gasteiger partial charge is 0.312 e. The molecule has 5 heteroatoms. The van der Waals surface area contributed by atoms with Crippen LogP contribution in [-0.4, -0.2) is 27.6 Å². The zero-order chi connectivity index (χ0) is 15.9.